The highest BCUT2D eigenvalue weighted by atomic mass is 16.4. The molecule has 0 saturated carbocycles. The first-order valence-electron chi connectivity index (χ1n) is 8.01. The maximum Gasteiger partial charge on any atom is 0.357 e. The van der Waals surface area contributed by atoms with Gasteiger partial charge >= 0.3 is 5.97 Å². The van der Waals surface area contributed by atoms with Gasteiger partial charge in [0, 0.05) is 23.6 Å². The summed E-state index contributed by atoms with van der Waals surface area (Å²) in [4.78, 5) is 47.5. The number of carbonyl (C=O) groups is 3. The number of nitrogens with one attached hydrogen (secondary N) is 1. The van der Waals surface area contributed by atoms with E-state index < -0.39 is 23.9 Å². The summed E-state index contributed by atoms with van der Waals surface area (Å²) in [5, 5.41) is 16.2. The Kier molecular flexibility index (Phi) is 4.80. The number of Topliss-reactive ketones (excluding diaryl/α,β-unsaturated/α-hetero) is 1. The van der Waals surface area contributed by atoms with Crippen molar-refractivity contribution in [3.05, 3.63) is 70.1 Å². The van der Waals surface area contributed by atoms with Gasteiger partial charge in [0.25, 0.3) is 5.56 Å². The normalized spacial score (nSPS) is 10.6. The molecule has 0 radical (unpaired) electrons. The summed E-state index contributed by atoms with van der Waals surface area (Å²) in [6.45, 7) is 0.973. The van der Waals surface area contributed by atoms with Crippen molar-refractivity contribution in [1.29, 1.82) is 0 Å². The highest BCUT2D eigenvalue weighted by molar-refractivity contribution is 6.01. The van der Waals surface area contributed by atoms with Gasteiger partial charge in [-0.15, -0.1) is 0 Å². The van der Waals surface area contributed by atoms with Gasteiger partial charge in [0.05, 0.1) is 5.39 Å². The molecular formula is C19H15N3O5. The Labute approximate surface area is 153 Å². The van der Waals surface area contributed by atoms with Crippen LogP contribution in [0.2, 0.25) is 0 Å². The summed E-state index contributed by atoms with van der Waals surface area (Å²) >= 11 is 0. The summed E-state index contributed by atoms with van der Waals surface area (Å²) in [6, 6.07) is 12.4. The molecule has 0 spiro atoms. The lowest BCUT2D eigenvalue weighted by Crippen LogP contribution is -2.29. The Bertz CT molecular complexity index is 1120. The van der Waals surface area contributed by atoms with Crippen molar-refractivity contribution in [2.45, 2.75) is 13.5 Å². The molecule has 1 amide bonds. The van der Waals surface area contributed by atoms with E-state index in [9.17, 15) is 24.3 Å². The minimum atomic E-state index is -1.29. The van der Waals surface area contributed by atoms with Crippen molar-refractivity contribution >= 4 is 34.1 Å². The molecule has 0 fully saturated rings. The van der Waals surface area contributed by atoms with Gasteiger partial charge in [0.2, 0.25) is 5.91 Å². The van der Waals surface area contributed by atoms with Crippen molar-refractivity contribution < 1.29 is 19.5 Å². The van der Waals surface area contributed by atoms with Gasteiger partial charge in [-0.25, -0.2) is 9.48 Å². The minimum absolute atomic E-state index is 0.179. The molecule has 136 valence electrons. The number of ketones is 1. The van der Waals surface area contributed by atoms with Crippen molar-refractivity contribution in [2.75, 3.05) is 5.32 Å². The van der Waals surface area contributed by atoms with Crippen LogP contribution in [0.25, 0.3) is 10.8 Å². The molecule has 3 rings (SSSR count). The first-order chi connectivity index (χ1) is 12.9. The van der Waals surface area contributed by atoms with Crippen molar-refractivity contribution in [3.63, 3.8) is 0 Å². The second-order valence-corrected chi connectivity index (χ2v) is 5.84. The molecule has 8 heteroatoms. The molecule has 8 nitrogen and oxygen atoms in total. The summed E-state index contributed by atoms with van der Waals surface area (Å²) < 4.78 is 0.857. The van der Waals surface area contributed by atoms with E-state index >= 15 is 0 Å². The topological polar surface area (TPSA) is 118 Å². The molecule has 0 saturated heterocycles. The third kappa shape index (κ3) is 3.74. The lowest BCUT2D eigenvalue weighted by molar-refractivity contribution is -0.114. The van der Waals surface area contributed by atoms with E-state index in [1.165, 1.54) is 31.2 Å². The number of anilines is 1. The van der Waals surface area contributed by atoms with Crippen LogP contribution in [0.3, 0.4) is 0 Å². The van der Waals surface area contributed by atoms with Gasteiger partial charge in [-0.1, -0.05) is 18.2 Å². The number of carboxylic acid groups (broad SMARTS) is 1. The molecule has 2 N–H and O–H groups in total. The van der Waals surface area contributed by atoms with Crippen LogP contribution in [0, 0.1) is 0 Å². The summed E-state index contributed by atoms with van der Waals surface area (Å²) in [7, 11) is 0. The average Bonchev–Trinajstić information content (AvgIpc) is 2.64. The lowest BCUT2D eigenvalue weighted by Gasteiger charge is -2.09. The fourth-order valence-electron chi connectivity index (χ4n) is 2.67. The monoisotopic (exact) mass is 365 g/mol. The zero-order chi connectivity index (χ0) is 19.6. The van der Waals surface area contributed by atoms with Gasteiger partial charge in [-0.05, 0) is 30.3 Å². The number of fused-ring (bicyclic) bond motifs is 1. The summed E-state index contributed by atoms with van der Waals surface area (Å²) in [6.07, 6.45) is 0. The second-order valence-electron chi connectivity index (χ2n) is 5.84. The molecule has 1 aromatic heterocycles. The molecular weight excluding hydrogens is 350 g/mol. The van der Waals surface area contributed by atoms with Crippen LogP contribution in [0.15, 0.2) is 53.3 Å². The fourth-order valence-corrected chi connectivity index (χ4v) is 2.67. The second kappa shape index (κ2) is 7.20. The van der Waals surface area contributed by atoms with E-state index in [1.807, 2.05) is 0 Å². The van der Waals surface area contributed by atoms with E-state index in [2.05, 4.69) is 10.4 Å². The molecule has 0 bridgehead atoms. The van der Waals surface area contributed by atoms with Crippen molar-refractivity contribution in [2.24, 2.45) is 0 Å². The molecule has 27 heavy (non-hydrogen) atoms. The number of hydrogen-bond donors (Lipinski definition) is 2. The van der Waals surface area contributed by atoms with E-state index in [0.717, 1.165) is 4.68 Å². The number of nitrogens with zero attached hydrogens (tertiary/aromatic N) is 2. The van der Waals surface area contributed by atoms with E-state index in [0.29, 0.717) is 11.3 Å². The predicted octanol–water partition coefficient (Wildman–Crippen LogP) is 1.94. The first-order valence-corrected chi connectivity index (χ1v) is 8.01. The largest absolute Gasteiger partial charge is 0.476 e. The van der Waals surface area contributed by atoms with Crippen molar-refractivity contribution in [1.82, 2.24) is 9.78 Å². The third-order valence-electron chi connectivity index (χ3n) is 3.89. The first kappa shape index (κ1) is 18.0. The fraction of sp³-hybridized carbons (Fsp3) is 0.105. The highest BCUT2D eigenvalue weighted by Crippen LogP contribution is 2.14. The van der Waals surface area contributed by atoms with Crippen LogP contribution < -0.4 is 10.9 Å². The van der Waals surface area contributed by atoms with Crippen molar-refractivity contribution in [3.8, 4) is 0 Å². The summed E-state index contributed by atoms with van der Waals surface area (Å²) in [5.74, 6) is -1.93. The molecule has 3 aromatic rings. The Hall–Kier alpha value is -3.81. The van der Waals surface area contributed by atoms with E-state index in [1.54, 1.807) is 24.3 Å². The molecule has 0 aliphatic carbocycles. The van der Waals surface area contributed by atoms with E-state index in [-0.39, 0.29) is 22.4 Å². The Balaban J connectivity index is 1.95. The number of hydrogen-bond acceptors (Lipinski definition) is 5. The molecule has 2 aromatic carbocycles. The molecule has 0 atom stereocenters. The van der Waals surface area contributed by atoms with Gasteiger partial charge in [-0.3, -0.25) is 14.4 Å². The lowest BCUT2D eigenvalue weighted by atomic mass is 10.1. The molecule has 0 aliphatic rings. The Morgan fingerprint density at radius 1 is 1.04 bits per heavy atom. The summed E-state index contributed by atoms with van der Waals surface area (Å²) in [5.41, 5.74) is 0.00821. The smallest absolute Gasteiger partial charge is 0.357 e. The number of carbonyl (C=O) groups excluding carboxylic acids is 2. The number of carboxylic acids is 1. The van der Waals surface area contributed by atoms with Crippen LogP contribution in [0.1, 0.15) is 27.8 Å². The standard InChI is InChI=1S/C19H15N3O5/c1-11(23)20-13-8-6-12(7-9-13)16(24)10-22-18(25)15-5-3-2-4-14(15)17(21-22)19(26)27/h2-9H,10H2,1H3,(H,20,23)(H,26,27). The average molecular weight is 365 g/mol. The number of benzene rings is 2. The number of aromatic carboxylic acids is 1. The molecule has 1 heterocycles. The van der Waals surface area contributed by atoms with Crippen LogP contribution in [0.5, 0.6) is 0 Å². The number of rotatable bonds is 5. The van der Waals surface area contributed by atoms with Crippen LogP contribution >= 0.6 is 0 Å². The highest BCUT2D eigenvalue weighted by Gasteiger charge is 2.17. The zero-order valence-corrected chi connectivity index (χ0v) is 14.3. The third-order valence-corrected chi connectivity index (χ3v) is 3.89. The maximum atomic E-state index is 12.6. The van der Waals surface area contributed by atoms with E-state index in [4.69, 9.17) is 0 Å². The van der Waals surface area contributed by atoms with Crippen LogP contribution in [0.4, 0.5) is 5.69 Å². The maximum absolute atomic E-state index is 12.6. The minimum Gasteiger partial charge on any atom is -0.476 e. The Morgan fingerprint density at radius 2 is 1.67 bits per heavy atom. The number of amides is 1. The molecule has 0 unspecified atom stereocenters. The predicted molar refractivity (Wildman–Crippen MR) is 98.0 cm³/mol. The SMILES string of the molecule is CC(=O)Nc1ccc(C(=O)Cn2nc(C(=O)O)c3ccccc3c2=O)cc1. The molecule has 0 aliphatic heterocycles. The zero-order valence-electron chi connectivity index (χ0n) is 14.3. The van der Waals surface area contributed by atoms with Gasteiger partial charge in [0.15, 0.2) is 11.5 Å². The van der Waals surface area contributed by atoms with Gasteiger partial charge in [-0.2, -0.15) is 5.10 Å². The quantitative estimate of drug-likeness (QED) is 0.667. The Morgan fingerprint density at radius 3 is 2.26 bits per heavy atom. The van der Waals surface area contributed by atoms with Gasteiger partial charge < -0.3 is 10.4 Å². The van der Waals surface area contributed by atoms with Gasteiger partial charge in [0.1, 0.15) is 6.54 Å². The van der Waals surface area contributed by atoms with Crippen LogP contribution in [-0.2, 0) is 11.3 Å². The number of aromatic nitrogens is 2. The van der Waals surface area contributed by atoms with Crippen LogP contribution in [-0.4, -0.2) is 32.5 Å².